The highest BCUT2D eigenvalue weighted by Gasteiger charge is 2.13. The van der Waals surface area contributed by atoms with Crippen LogP contribution in [-0.2, 0) is 4.79 Å². The number of nitrogens with zero attached hydrogens (tertiary/aromatic N) is 1. The summed E-state index contributed by atoms with van der Waals surface area (Å²) in [6, 6.07) is 14.5. The number of thiazole rings is 1. The standard InChI is InChI=1S/C20H20N4O4S/c1-27-15-7-3-13(4-8-15)20-22-17(12-29-20)19(26)24-23-18(25)11-21-14-5-9-16(28-2)10-6-14/h3-10,12,21H,11H2,1-2H3,(H,23,25)(H,24,26). The van der Waals surface area contributed by atoms with Crippen molar-refractivity contribution >= 4 is 28.8 Å². The van der Waals surface area contributed by atoms with Crippen LogP contribution in [0.5, 0.6) is 11.5 Å². The van der Waals surface area contributed by atoms with Crippen molar-refractivity contribution in [1.29, 1.82) is 0 Å². The van der Waals surface area contributed by atoms with Crippen molar-refractivity contribution in [1.82, 2.24) is 15.8 Å². The summed E-state index contributed by atoms with van der Waals surface area (Å²) in [4.78, 5) is 28.4. The van der Waals surface area contributed by atoms with Crippen LogP contribution in [0.3, 0.4) is 0 Å². The van der Waals surface area contributed by atoms with E-state index in [1.54, 1.807) is 43.9 Å². The molecule has 3 rings (SSSR count). The van der Waals surface area contributed by atoms with Crippen LogP contribution >= 0.6 is 11.3 Å². The molecule has 0 spiro atoms. The summed E-state index contributed by atoms with van der Waals surface area (Å²) < 4.78 is 10.2. The maximum absolute atomic E-state index is 12.2. The van der Waals surface area contributed by atoms with Gasteiger partial charge in [0, 0.05) is 16.6 Å². The van der Waals surface area contributed by atoms with Crippen molar-refractivity contribution in [2.45, 2.75) is 0 Å². The maximum atomic E-state index is 12.2. The Kier molecular flexibility index (Phi) is 6.64. The molecule has 0 saturated carbocycles. The van der Waals surface area contributed by atoms with Crippen LogP contribution in [0, 0.1) is 0 Å². The van der Waals surface area contributed by atoms with Gasteiger partial charge in [-0.25, -0.2) is 4.98 Å². The van der Waals surface area contributed by atoms with Crippen molar-refractivity contribution in [3.05, 3.63) is 59.6 Å². The summed E-state index contributed by atoms with van der Waals surface area (Å²) in [5.41, 5.74) is 6.59. The first-order chi connectivity index (χ1) is 14.1. The molecule has 9 heteroatoms. The van der Waals surface area contributed by atoms with Crippen molar-refractivity contribution in [3.63, 3.8) is 0 Å². The number of ether oxygens (including phenoxy) is 2. The van der Waals surface area contributed by atoms with Gasteiger partial charge in [0.05, 0.1) is 20.8 Å². The van der Waals surface area contributed by atoms with Crippen molar-refractivity contribution < 1.29 is 19.1 Å². The van der Waals surface area contributed by atoms with E-state index in [4.69, 9.17) is 9.47 Å². The number of hydrazine groups is 1. The van der Waals surface area contributed by atoms with Gasteiger partial charge in [0.2, 0.25) is 0 Å². The van der Waals surface area contributed by atoms with Gasteiger partial charge >= 0.3 is 0 Å². The summed E-state index contributed by atoms with van der Waals surface area (Å²) >= 11 is 1.34. The minimum atomic E-state index is -0.487. The average Bonchev–Trinajstić information content (AvgIpc) is 3.27. The van der Waals surface area contributed by atoms with Gasteiger partial charge in [-0.05, 0) is 48.5 Å². The van der Waals surface area contributed by atoms with Gasteiger partial charge in [-0.15, -0.1) is 11.3 Å². The first-order valence-corrected chi connectivity index (χ1v) is 9.54. The Labute approximate surface area is 171 Å². The maximum Gasteiger partial charge on any atom is 0.289 e. The van der Waals surface area contributed by atoms with Gasteiger partial charge in [0.15, 0.2) is 0 Å². The number of benzene rings is 2. The molecule has 2 aromatic carbocycles. The number of hydrogen-bond donors (Lipinski definition) is 3. The van der Waals surface area contributed by atoms with E-state index in [1.165, 1.54) is 11.3 Å². The lowest BCUT2D eigenvalue weighted by atomic mass is 10.2. The minimum absolute atomic E-state index is 0.000766. The first kappa shape index (κ1) is 20.2. The molecule has 3 N–H and O–H groups in total. The predicted octanol–water partition coefficient (Wildman–Crippen LogP) is 2.70. The van der Waals surface area contributed by atoms with E-state index < -0.39 is 5.91 Å². The molecule has 29 heavy (non-hydrogen) atoms. The highest BCUT2D eigenvalue weighted by molar-refractivity contribution is 7.13. The Bertz CT molecular complexity index is 971. The van der Waals surface area contributed by atoms with Gasteiger partial charge in [-0.3, -0.25) is 20.4 Å². The second-order valence-electron chi connectivity index (χ2n) is 5.85. The minimum Gasteiger partial charge on any atom is -0.497 e. The summed E-state index contributed by atoms with van der Waals surface area (Å²) in [7, 11) is 3.18. The molecule has 0 unspecified atom stereocenters. The van der Waals surface area contributed by atoms with E-state index in [9.17, 15) is 9.59 Å². The summed E-state index contributed by atoms with van der Waals surface area (Å²) in [5.74, 6) is 0.595. The fourth-order valence-corrected chi connectivity index (χ4v) is 3.18. The van der Waals surface area contributed by atoms with E-state index in [-0.39, 0.29) is 18.1 Å². The van der Waals surface area contributed by atoms with Gasteiger partial charge in [-0.2, -0.15) is 0 Å². The highest BCUT2D eigenvalue weighted by Crippen LogP contribution is 2.25. The molecule has 1 heterocycles. The molecule has 0 saturated heterocycles. The molecule has 3 aromatic rings. The Morgan fingerprint density at radius 3 is 2.17 bits per heavy atom. The number of hydrogen-bond acceptors (Lipinski definition) is 7. The lowest BCUT2D eigenvalue weighted by Crippen LogP contribution is -2.44. The number of carbonyl (C=O) groups is 2. The Balaban J connectivity index is 1.48. The molecule has 150 valence electrons. The Hall–Kier alpha value is -3.59. The zero-order valence-corrected chi connectivity index (χ0v) is 16.7. The van der Waals surface area contributed by atoms with Crippen LogP contribution in [-0.4, -0.2) is 37.6 Å². The normalized spacial score (nSPS) is 10.1. The molecule has 0 aliphatic heterocycles. The van der Waals surface area contributed by atoms with Crippen molar-refractivity contribution in [3.8, 4) is 22.1 Å². The fraction of sp³-hybridized carbons (Fsp3) is 0.150. The SMILES string of the molecule is COc1ccc(NCC(=O)NNC(=O)c2csc(-c3ccc(OC)cc3)n2)cc1. The number of aromatic nitrogens is 1. The molecule has 0 radical (unpaired) electrons. The molecule has 0 aliphatic rings. The average molecular weight is 412 g/mol. The van der Waals surface area contributed by atoms with E-state index in [0.717, 1.165) is 22.7 Å². The number of carbonyl (C=O) groups excluding carboxylic acids is 2. The largest absolute Gasteiger partial charge is 0.497 e. The summed E-state index contributed by atoms with van der Waals surface area (Å²) in [6.07, 6.45) is 0. The molecule has 0 atom stereocenters. The van der Waals surface area contributed by atoms with E-state index in [0.29, 0.717) is 5.01 Å². The monoisotopic (exact) mass is 412 g/mol. The molecule has 1 aromatic heterocycles. The molecule has 0 bridgehead atoms. The van der Waals surface area contributed by atoms with Crippen LogP contribution in [0.15, 0.2) is 53.9 Å². The van der Waals surface area contributed by atoms with E-state index in [1.807, 2.05) is 24.3 Å². The summed E-state index contributed by atoms with van der Waals surface area (Å²) in [5, 5.41) is 5.29. The fourth-order valence-electron chi connectivity index (χ4n) is 2.37. The van der Waals surface area contributed by atoms with Crippen LogP contribution < -0.4 is 25.6 Å². The third-order valence-electron chi connectivity index (χ3n) is 3.93. The summed E-state index contributed by atoms with van der Waals surface area (Å²) in [6.45, 7) is 0.000766. The number of methoxy groups -OCH3 is 2. The zero-order valence-electron chi connectivity index (χ0n) is 15.9. The second-order valence-corrected chi connectivity index (χ2v) is 6.71. The lowest BCUT2D eigenvalue weighted by Gasteiger charge is -2.08. The van der Waals surface area contributed by atoms with Crippen LogP contribution in [0.2, 0.25) is 0 Å². The molecule has 2 amide bonds. The molecule has 0 fully saturated rings. The van der Waals surface area contributed by atoms with Gasteiger partial charge in [0.1, 0.15) is 22.2 Å². The lowest BCUT2D eigenvalue weighted by molar-refractivity contribution is -0.120. The molecular formula is C20H20N4O4S. The molecule has 0 aliphatic carbocycles. The van der Waals surface area contributed by atoms with E-state index in [2.05, 4.69) is 21.2 Å². The van der Waals surface area contributed by atoms with Crippen LogP contribution in [0.1, 0.15) is 10.5 Å². The Morgan fingerprint density at radius 2 is 1.55 bits per heavy atom. The first-order valence-electron chi connectivity index (χ1n) is 8.66. The topological polar surface area (TPSA) is 102 Å². The van der Waals surface area contributed by atoms with Crippen LogP contribution in [0.25, 0.3) is 10.6 Å². The van der Waals surface area contributed by atoms with Crippen molar-refractivity contribution in [2.24, 2.45) is 0 Å². The quantitative estimate of drug-likeness (QED) is 0.516. The predicted molar refractivity (Wildman–Crippen MR) is 111 cm³/mol. The number of anilines is 1. The number of rotatable bonds is 7. The zero-order chi connectivity index (χ0) is 20.6. The molecule has 8 nitrogen and oxygen atoms in total. The molecular weight excluding hydrogens is 392 g/mol. The van der Waals surface area contributed by atoms with Crippen molar-refractivity contribution in [2.75, 3.05) is 26.1 Å². The third-order valence-corrected chi connectivity index (χ3v) is 4.82. The van der Waals surface area contributed by atoms with Gasteiger partial charge < -0.3 is 14.8 Å². The van der Waals surface area contributed by atoms with Gasteiger partial charge in [0.25, 0.3) is 11.8 Å². The highest BCUT2D eigenvalue weighted by atomic mass is 32.1. The number of nitrogens with one attached hydrogen (secondary N) is 3. The second kappa shape index (κ2) is 9.56. The van der Waals surface area contributed by atoms with Gasteiger partial charge in [-0.1, -0.05) is 0 Å². The number of amides is 2. The third kappa shape index (κ3) is 5.45. The van der Waals surface area contributed by atoms with Crippen LogP contribution in [0.4, 0.5) is 5.69 Å². The van der Waals surface area contributed by atoms with E-state index >= 15 is 0 Å². The smallest absolute Gasteiger partial charge is 0.289 e. The Morgan fingerprint density at radius 1 is 0.931 bits per heavy atom.